The van der Waals surface area contributed by atoms with Crippen molar-refractivity contribution in [1.29, 1.82) is 0 Å². The zero-order valence-electron chi connectivity index (χ0n) is 17.5. The second-order valence-electron chi connectivity index (χ2n) is 7.37. The molecule has 0 atom stereocenters. The molecular formula is C22H16F3N7O. The molecule has 33 heavy (non-hydrogen) atoms. The number of guanidine groups is 3. The maximum atomic E-state index is 12.7. The Hall–Kier alpha value is -4.15. The highest BCUT2D eigenvalue weighted by Gasteiger charge is 2.37. The van der Waals surface area contributed by atoms with Crippen molar-refractivity contribution in [2.45, 2.75) is 20.0 Å². The van der Waals surface area contributed by atoms with Gasteiger partial charge < -0.3 is 4.74 Å². The number of nitrogens with zero attached hydrogens (tertiary/aromatic N) is 7. The molecule has 0 saturated heterocycles. The fraction of sp³-hybridized carbons (Fsp3) is 0.182. The van der Waals surface area contributed by atoms with Gasteiger partial charge in [0.15, 0.2) is 18.3 Å². The number of benzene rings is 2. The Morgan fingerprint density at radius 2 is 1.18 bits per heavy atom. The van der Waals surface area contributed by atoms with Crippen molar-refractivity contribution in [2.75, 3.05) is 6.61 Å². The molecule has 0 radical (unpaired) electrons. The zero-order chi connectivity index (χ0) is 23.2. The fourth-order valence-corrected chi connectivity index (χ4v) is 3.37. The van der Waals surface area contributed by atoms with Gasteiger partial charge in [0.05, 0.1) is 0 Å². The summed E-state index contributed by atoms with van der Waals surface area (Å²) >= 11 is 0. The molecule has 0 amide bonds. The van der Waals surface area contributed by atoms with Crippen molar-refractivity contribution >= 4 is 35.6 Å². The summed E-state index contributed by atoms with van der Waals surface area (Å²) < 4.78 is 42.9. The molecule has 2 aromatic rings. The summed E-state index contributed by atoms with van der Waals surface area (Å²) in [5.41, 5.74) is 3.31. The zero-order valence-corrected chi connectivity index (χ0v) is 17.5. The summed E-state index contributed by atoms with van der Waals surface area (Å²) in [5, 5.41) is 0. The molecular weight excluding hydrogens is 435 g/mol. The minimum absolute atomic E-state index is 0.0248. The van der Waals surface area contributed by atoms with Gasteiger partial charge in [0.1, 0.15) is 0 Å². The summed E-state index contributed by atoms with van der Waals surface area (Å²) in [6.45, 7) is 2.27. The first kappa shape index (κ1) is 20.7. The van der Waals surface area contributed by atoms with Crippen LogP contribution < -0.4 is 0 Å². The highest BCUT2D eigenvalue weighted by Crippen LogP contribution is 2.24. The number of rotatable bonds is 3. The topological polar surface area (TPSA) is 86.6 Å². The molecule has 166 valence electrons. The lowest BCUT2D eigenvalue weighted by molar-refractivity contribution is -0.156. The van der Waals surface area contributed by atoms with Crippen LogP contribution in [0.3, 0.4) is 0 Å². The predicted molar refractivity (Wildman–Crippen MR) is 119 cm³/mol. The summed E-state index contributed by atoms with van der Waals surface area (Å²) in [6.07, 6.45) is -4.54. The molecule has 0 saturated carbocycles. The van der Waals surface area contributed by atoms with Gasteiger partial charge in [-0.05, 0) is 25.0 Å². The number of hydrogen-bond donors (Lipinski definition) is 0. The van der Waals surface area contributed by atoms with Gasteiger partial charge in [-0.1, -0.05) is 48.5 Å². The molecule has 11 heteroatoms. The Balaban J connectivity index is 1.65. The summed E-state index contributed by atoms with van der Waals surface area (Å²) in [4.78, 5) is 27.6. The first-order valence-corrected chi connectivity index (χ1v) is 9.92. The van der Waals surface area contributed by atoms with Crippen molar-refractivity contribution in [1.82, 2.24) is 4.90 Å². The van der Waals surface area contributed by atoms with Crippen molar-refractivity contribution in [2.24, 2.45) is 30.0 Å². The van der Waals surface area contributed by atoms with Gasteiger partial charge in [-0.3, -0.25) is 0 Å². The van der Waals surface area contributed by atoms with E-state index in [2.05, 4.69) is 30.0 Å². The number of alkyl halides is 3. The maximum Gasteiger partial charge on any atom is 0.422 e. The maximum absolute atomic E-state index is 12.7. The van der Waals surface area contributed by atoms with Crippen LogP contribution in [-0.2, 0) is 4.74 Å². The number of amidine groups is 3. The van der Waals surface area contributed by atoms with E-state index in [9.17, 15) is 13.2 Å². The second kappa shape index (κ2) is 7.76. The molecule has 0 fully saturated rings. The van der Waals surface area contributed by atoms with E-state index in [1.807, 2.05) is 62.4 Å². The van der Waals surface area contributed by atoms with E-state index in [4.69, 9.17) is 4.74 Å². The molecule has 3 aliphatic heterocycles. The standard InChI is InChI=1S/C22H16F3N7O/c1-12-7-3-5-9-14(12)16-26-18-27-17(15-10-6-4-8-13(15)2)29-20-31-21(33-11-22(23,24)25)30-19(28-16)32(18)20/h3-10H,11H2,1-2H3. The Kier molecular flexibility index (Phi) is 4.88. The van der Waals surface area contributed by atoms with E-state index in [0.29, 0.717) is 11.7 Å². The fourth-order valence-electron chi connectivity index (χ4n) is 3.37. The van der Waals surface area contributed by atoms with E-state index in [-0.39, 0.29) is 17.9 Å². The number of aryl methyl sites for hydroxylation is 2. The minimum atomic E-state index is -4.54. The van der Waals surface area contributed by atoms with Gasteiger partial charge in [-0.25, -0.2) is 4.90 Å². The van der Waals surface area contributed by atoms with Gasteiger partial charge in [0, 0.05) is 11.1 Å². The quantitative estimate of drug-likeness (QED) is 0.710. The van der Waals surface area contributed by atoms with E-state index in [1.54, 1.807) is 0 Å². The predicted octanol–water partition coefficient (Wildman–Crippen LogP) is 3.84. The molecule has 8 nitrogen and oxygen atoms in total. The third-order valence-electron chi connectivity index (χ3n) is 4.95. The lowest BCUT2D eigenvalue weighted by atomic mass is 10.1. The van der Waals surface area contributed by atoms with Crippen molar-refractivity contribution < 1.29 is 17.9 Å². The van der Waals surface area contributed by atoms with Crippen molar-refractivity contribution in [3.8, 4) is 0 Å². The van der Waals surface area contributed by atoms with Crippen LogP contribution in [0.15, 0.2) is 78.5 Å². The second-order valence-corrected chi connectivity index (χ2v) is 7.37. The molecule has 3 aliphatic rings. The Labute approximate surface area is 186 Å². The van der Waals surface area contributed by atoms with Crippen LogP contribution in [0.5, 0.6) is 0 Å². The monoisotopic (exact) mass is 451 g/mol. The molecule has 0 unspecified atom stereocenters. The normalized spacial score (nSPS) is 17.2. The van der Waals surface area contributed by atoms with Crippen LogP contribution in [-0.4, -0.2) is 53.3 Å². The van der Waals surface area contributed by atoms with Crippen molar-refractivity contribution in [3.63, 3.8) is 0 Å². The lowest BCUT2D eigenvalue weighted by Crippen LogP contribution is -2.48. The van der Waals surface area contributed by atoms with Gasteiger partial charge in [0.2, 0.25) is 17.9 Å². The highest BCUT2D eigenvalue weighted by atomic mass is 19.4. The van der Waals surface area contributed by atoms with E-state index < -0.39 is 18.8 Å². The first-order chi connectivity index (χ1) is 15.8. The van der Waals surface area contributed by atoms with Crippen LogP contribution in [0.4, 0.5) is 13.2 Å². The number of ether oxygens (including phenoxy) is 1. The Morgan fingerprint density at radius 3 is 1.70 bits per heavy atom. The first-order valence-electron chi connectivity index (χ1n) is 9.92. The summed E-state index contributed by atoms with van der Waals surface area (Å²) in [5.74, 6) is 0.908. The van der Waals surface area contributed by atoms with E-state index in [0.717, 1.165) is 22.3 Å². The van der Waals surface area contributed by atoms with E-state index >= 15 is 0 Å². The SMILES string of the molecule is Cc1ccccc1C1=NC2=NC(OCC(F)(F)F)=NC3=NC(c4ccccc4C)=NC(=N1)N23. The van der Waals surface area contributed by atoms with Gasteiger partial charge in [-0.15, -0.1) is 0 Å². The third-order valence-corrected chi connectivity index (χ3v) is 4.95. The Morgan fingerprint density at radius 1 is 0.697 bits per heavy atom. The number of hydrogen-bond acceptors (Lipinski definition) is 8. The van der Waals surface area contributed by atoms with Gasteiger partial charge in [0.25, 0.3) is 0 Å². The minimum Gasteiger partial charge on any atom is -0.454 e. The van der Waals surface area contributed by atoms with Gasteiger partial charge in [-0.2, -0.15) is 43.1 Å². The van der Waals surface area contributed by atoms with E-state index in [1.165, 1.54) is 4.90 Å². The lowest BCUT2D eigenvalue weighted by Gasteiger charge is -2.30. The number of halogens is 3. The van der Waals surface area contributed by atoms with Crippen LogP contribution in [0.1, 0.15) is 22.3 Å². The summed E-state index contributed by atoms with van der Waals surface area (Å²) in [6, 6.07) is 14.5. The van der Waals surface area contributed by atoms with Gasteiger partial charge >= 0.3 is 12.2 Å². The molecule has 0 aromatic heterocycles. The van der Waals surface area contributed by atoms with Crippen LogP contribution in [0.2, 0.25) is 0 Å². The average Bonchev–Trinajstić information content (AvgIpc) is 2.77. The number of aliphatic imine (C=N–C) groups is 6. The van der Waals surface area contributed by atoms with Crippen LogP contribution in [0, 0.1) is 13.8 Å². The molecule has 0 spiro atoms. The smallest absolute Gasteiger partial charge is 0.422 e. The molecule has 0 aliphatic carbocycles. The summed E-state index contributed by atoms with van der Waals surface area (Å²) in [7, 11) is 0. The molecule has 3 heterocycles. The molecule has 0 bridgehead atoms. The third kappa shape index (κ3) is 4.04. The molecule has 2 aromatic carbocycles. The van der Waals surface area contributed by atoms with Crippen LogP contribution in [0.25, 0.3) is 0 Å². The van der Waals surface area contributed by atoms with Crippen LogP contribution >= 0.6 is 0 Å². The largest absolute Gasteiger partial charge is 0.454 e. The Bertz CT molecular complexity index is 1290. The molecule has 5 rings (SSSR count). The average molecular weight is 451 g/mol. The highest BCUT2D eigenvalue weighted by molar-refractivity contribution is 6.32. The molecule has 0 N–H and O–H groups in total. The van der Waals surface area contributed by atoms with Crippen molar-refractivity contribution in [3.05, 3.63) is 70.8 Å².